The van der Waals surface area contributed by atoms with Crippen LogP contribution < -0.4 is 0 Å². The van der Waals surface area contributed by atoms with E-state index in [4.69, 9.17) is 0 Å². The number of rotatable bonds is 4. The Bertz CT molecular complexity index is 902. The third-order valence-corrected chi connectivity index (χ3v) is 7.68. The Morgan fingerprint density at radius 3 is 1.90 bits per heavy atom. The van der Waals surface area contributed by atoms with E-state index in [0.29, 0.717) is 11.5 Å². The van der Waals surface area contributed by atoms with Crippen molar-refractivity contribution >= 4 is 0 Å². The predicted octanol–water partition coefficient (Wildman–Crippen LogP) is 8.24. The molecular weight excluding hydrogens is 386 g/mol. The van der Waals surface area contributed by atoms with Crippen LogP contribution >= 0.6 is 0 Å². The van der Waals surface area contributed by atoms with Gasteiger partial charge in [0.05, 0.1) is 0 Å². The Morgan fingerprint density at radius 1 is 0.710 bits per heavy atom. The maximum Gasteiger partial charge on any atom is 0.160 e. The molecule has 2 aliphatic rings. The van der Waals surface area contributed by atoms with Gasteiger partial charge in [-0.2, -0.15) is 0 Å². The van der Waals surface area contributed by atoms with Crippen LogP contribution in [0.3, 0.4) is 0 Å². The molecule has 0 spiro atoms. The SMILES string of the molecule is CCC[C@H]1CC[C@H](C2CCC(c3ccc(C#Cc4ccc(F)c(F)c4)cc3)CC2)CC1. The number of halogens is 2. The first-order valence-electron chi connectivity index (χ1n) is 12.2. The standard InChI is InChI=1S/C29H34F2/c1-2-3-21-6-11-24(12-7-21)26-15-17-27(18-16-26)25-13-8-22(9-14-25)4-5-23-10-19-28(30)29(31)20-23/h8-10,13-14,19-21,24,26-27H,2-3,6-7,11-12,15-18H2,1H3/t21-,24-,26?,27?. The number of benzene rings is 2. The second-order valence-electron chi connectivity index (χ2n) is 9.68. The minimum Gasteiger partial charge on any atom is -0.204 e. The van der Waals surface area contributed by atoms with Crippen molar-refractivity contribution in [1.29, 1.82) is 0 Å². The molecule has 2 saturated carbocycles. The van der Waals surface area contributed by atoms with E-state index >= 15 is 0 Å². The summed E-state index contributed by atoms with van der Waals surface area (Å²) in [5.74, 6) is 7.88. The van der Waals surface area contributed by atoms with Gasteiger partial charge in [-0.05, 0) is 98.1 Å². The van der Waals surface area contributed by atoms with Crippen LogP contribution in [0, 0.1) is 41.2 Å². The van der Waals surface area contributed by atoms with E-state index in [1.165, 1.54) is 75.8 Å². The summed E-state index contributed by atoms with van der Waals surface area (Å²) >= 11 is 0. The zero-order valence-corrected chi connectivity index (χ0v) is 18.7. The van der Waals surface area contributed by atoms with Crippen molar-refractivity contribution in [2.45, 2.75) is 77.0 Å². The molecule has 2 heteroatoms. The van der Waals surface area contributed by atoms with Crippen LogP contribution in [0.2, 0.25) is 0 Å². The molecular formula is C29H34F2. The van der Waals surface area contributed by atoms with Crippen LogP contribution in [0.25, 0.3) is 0 Å². The topological polar surface area (TPSA) is 0 Å². The number of hydrogen-bond donors (Lipinski definition) is 0. The van der Waals surface area contributed by atoms with E-state index in [1.54, 1.807) is 0 Å². The van der Waals surface area contributed by atoms with Gasteiger partial charge in [0.15, 0.2) is 11.6 Å². The van der Waals surface area contributed by atoms with E-state index in [-0.39, 0.29) is 0 Å². The fourth-order valence-electron chi connectivity index (χ4n) is 5.84. The lowest BCUT2D eigenvalue weighted by atomic mass is 9.68. The molecule has 0 aliphatic heterocycles. The van der Waals surface area contributed by atoms with E-state index in [9.17, 15) is 8.78 Å². The van der Waals surface area contributed by atoms with Crippen molar-refractivity contribution in [3.05, 3.63) is 70.8 Å². The first kappa shape index (κ1) is 22.1. The molecule has 164 valence electrons. The molecule has 0 heterocycles. The summed E-state index contributed by atoms with van der Waals surface area (Å²) in [6.07, 6.45) is 14.0. The van der Waals surface area contributed by atoms with E-state index < -0.39 is 11.6 Å². The van der Waals surface area contributed by atoms with Crippen molar-refractivity contribution in [2.75, 3.05) is 0 Å². The van der Waals surface area contributed by atoms with Gasteiger partial charge in [0.2, 0.25) is 0 Å². The highest BCUT2D eigenvalue weighted by Crippen LogP contribution is 2.44. The van der Waals surface area contributed by atoms with Crippen molar-refractivity contribution in [2.24, 2.45) is 17.8 Å². The lowest BCUT2D eigenvalue weighted by Gasteiger charge is -2.38. The molecule has 0 atom stereocenters. The Labute approximate surface area is 186 Å². The monoisotopic (exact) mass is 420 g/mol. The Hall–Kier alpha value is -2.14. The maximum atomic E-state index is 13.3. The zero-order valence-electron chi connectivity index (χ0n) is 18.7. The normalized spacial score (nSPS) is 26.2. The summed E-state index contributed by atoms with van der Waals surface area (Å²) in [5, 5.41) is 0. The Kier molecular flexibility index (Phi) is 7.44. The van der Waals surface area contributed by atoms with Gasteiger partial charge in [-0.1, -0.05) is 56.6 Å². The fraction of sp³-hybridized carbons (Fsp3) is 0.517. The van der Waals surface area contributed by atoms with Gasteiger partial charge >= 0.3 is 0 Å². The van der Waals surface area contributed by atoms with Crippen molar-refractivity contribution in [3.63, 3.8) is 0 Å². The van der Waals surface area contributed by atoms with Gasteiger partial charge in [0, 0.05) is 11.1 Å². The van der Waals surface area contributed by atoms with E-state index in [2.05, 4.69) is 43.0 Å². The number of hydrogen-bond acceptors (Lipinski definition) is 0. The Balaban J connectivity index is 1.29. The summed E-state index contributed by atoms with van der Waals surface area (Å²) < 4.78 is 26.3. The quantitative estimate of drug-likeness (QED) is 0.437. The van der Waals surface area contributed by atoms with Crippen LogP contribution in [-0.2, 0) is 0 Å². The second kappa shape index (κ2) is 10.4. The van der Waals surface area contributed by atoms with Gasteiger partial charge in [-0.15, -0.1) is 0 Å². The molecule has 2 aromatic rings. The van der Waals surface area contributed by atoms with Crippen LogP contribution in [0.1, 0.15) is 93.7 Å². The third kappa shape index (κ3) is 5.76. The lowest BCUT2D eigenvalue weighted by Crippen LogP contribution is -2.25. The second-order valence-corrected chi connectivity index (χ2v) is 9.68. The molecule has 31 heavy (non-hydrogen) atoms. The fourth-order valence-corrected chi connectivity index (χ4v) is 5.84. The van der Waals surface area contributed by atoms with E-state index in [1.807, 2.05) is 0 Å². The molecule has 0 amide bonds. The molecule has 2 aromatic carbocycles. The summed E-state index contributed by atoms with van der Waals surface area (Å²) in [7, 11) is 0. The molecule has 4 rings (SSSR count). The van der Waals surface area contributed by atoms with E-state index in [0.717, 1.165) is 35.4 Å². The van der Waals surface area contributed by atoms with Gasteiger partial charge in [0.1, 0.15) is 0 Å². The minimum atomic E-state index is -0.855. The molecule has 0 radical (unpaired) electrons. The molecule has 2 fully saturated rings. The molecule has 0 nitrogen and oxygen atoms in total. The molecule has 0 N–H and O–H groups in total. The lowest BCUT2D eigenvalue weighted by molar-refractivity contribution is 0.156. The molecule has 2 aliphatic carbocycles. The van der Waals surface area contributed by atoms with Crippen LogP contribution in [-0.4, -0.2) is 0 Å². The summed E-state index contributed by atoms with van der Waals surface area (Å²) in [5.41, 5.74) is 2.82. The highest BCUT2D eigenvalue weighted by Gasteiger charge is 2.31. The minimum absolute atomic E-state index is 0.491. The van der Waals surface area contributed by atoms with Gasteiger partial charge < -0.3 is 0 Å². The smallest absolute Gasteiger partial charge is 0.160 e. The first-order chi connectivity index (χ1) is 15.1. The molecule has 0 unspecified atom stereocenters. The molecule has 0 bridgehead atoms. The van der Waals surface area contributed by atoms with Gasteiger partial charge in [-0.3, -0.25) is 0 Å². The maximum absolute atomic E-state index is 13.3. The van der Waals surface area contributed by atoms with Crippen molar-refractivity contribution in [3.8, 4) is 11.8 Å². The van der Waals surface area contributed by atoms with Crippen LogP contribution in [0.15, 0.2) is 42.5 Å². The summed E-state index contributed by atoms with van der Waals surface area (Å²) in [6.45, 7) is 2.32. The summed E-state index contributed by atoms with van der Waals surface area (Å²) in [4.78, 5) is 0. The average Bonchev–Trinajstić information content (AvgIpc) is 2.81. The zero-order chi connectivity index (χ0) is 21.6. The predicted molar refractivity (Wildman–Crippen MR) is 124 cm³/mol. The largest absolute Gasteiger partial charge is 0.204 e. The van der Waals surface area contributed by atoms with Crippen molar-refractivity contribution < 1.29 is 8.78 Å². The highest BCUT2D eigenvalue weighted by atomic mass is 19.2. The van der Waals surface area contributed by atoms with Gasteiger partial charge in [-0.25, -0.2) is 8.78 Å². The first-order valence-corrected chi connectivity index (χ1v) is 12.2. The third-order valence-electron chi connectivity index (χ3n) is 7.68. The molecule has 0 saturated heterocycles. The average molecular weight is 421 g/mol. The van der Waals surface area contributed by atoms with Gasteiger partial charge in [0.25, 0.3) is 0 Å². The van der Waals surface area contributed by atoms with Crippen LogP contribution in [0.5, 0.6) is 0 Å². The highest BCUT2D eigenvalue weighted by molar-refractivity contribution is 5.44. The van der Waals surface area contributed by atoms with Crippen molar-refractivity contribution in [1.82, 2.24) is 0 Å². The van der Waals surface area contributed by atoms with Crippen LogP contribution in [0.4, 0.5) is 8.78 Å². The summed E-state index contributed by atoms with van der Waals surface area (Å²) in [6, 6.07) is 12.3. The Morgan fingerprint density at radius 2 is 1.29 bits per heavy atom. The molecule has 0 aromatic heterocycles.